The monoisotopic (exact) mass is 1100 g/mol. The van der Waals surface area contributed by atoms with Gasteiger partial charge in [-0.05, 0) is 91.1 Å². The predicted octanol–water partition coefficient (Wildman–Crippen LogP) is 7.95. The molecule has 0 spiro atoms. The first-order valence-electron chi connectivity index (χ1n) is 27.2. The lowest BCUT2D eigenvalue weighted by molar-refractivity contribution is -0.137. The summed E-state index contributed by atoms with van der Waals surface area (Å²) in [5.74, 6) is -0.0169. The fourth-order valence-corrected chi connectivity index (χ4v) is 7.83. The molecule has 434 valence electrons. The van der Waals surface area contributed by atoms with E-state index in [-0.39, 0.29) is 18.7 Å². The van der Waals surface area contributed by atoms with Crippen LogP contribution in [0.2, 0.25) is 0 Å². The highest BCUT2D eigenvalue weighted by molar-refractivity contribution is 6.06. The standard InChI is InChI=1S/C59H84F3N3O13/c1-64(22-25-71-30-33-75-38-39-77-42-43-78-41-40-76-35-34-72-27-26-68-2)58(67)18-24-70-29-32-74-37-36-73-31-28-69-23-9-14-51-11-6-10-50(44-51)12-8-16-56(65-20-4-3-5-21-65)48-54(49-66)57-47-53(17-19-63-57)45-52-13-7-15-55(46-52)59(60,61)62/h6-8,10-13,15-17,19,44,46-49H,3-5,9,14,18,20-43,45H2,1-2H3/b12-8+,54-48+,56-16+. The molecule has 0 radical (unpaired) electrons. The summed E-state index contributed by atoms with van der Waals surface area (Å²) in [4.78, 5) is 33.3. The number of aromatic nitrogens is 1. The number of likely N-dealkylation sites (N-methyl/N-ethyl adjacent to an activating group) is 1. The average molecular weight is 1100 g/mol. The number of aryl methyl sites for hydroxylation is 1. The molecule has 19 heteroatoms. The maximum absolute atomic E-state index is 13.3. The molecule has 0 atom stereocenters. The van der Waals surface area contributed by atoms with Gasteiger partial charge in [0.15, 0.2) is 6.29 Å². The van der Waals surface area contributed by atoms with E-state index < -0.39 is 11.7 Å². The van der Waals surface area contributed by atoms with Crippen molar-refractivity contribution in [3.8, 4) is 0 Å². The van der Waals surface area contributed by atoms with Crippen LogP contribution in [0.25, 0.3) is 11.6 Å². The van der Waals surface area contributed by atoms with Gasteiger partial charge in [-0.3, -0.25) is 14.6 Å². The zero-order valence-corrected chi connectivity index (χ0v) is 45.9. The summed E-state index contributed by atoms with van der Waals surface area (Å²) in [6, 6.07) is 17.2. The predicted molar refractivity (Wildman–Crippen MR) is 292 cm³/mol. The van der Waals surface area contributed by atoms with Gasteiger partial charge < -0.3 is 61.9 Å². The molecule has 4 rings (SSSR count). The molecule has 2 heterocycles. The van der Waals surface area contributed by atoms with Crippen LogP contribution in [0, 0.1) is 0 Å². The van der Waals surface area contributed by atoms with E-state index >= 15 is 0 Å². The molecule has 1 fully saturated rings. The number of hydrogen-bond acceptors (Lipinski definition) is 15. The minimum Gasteiger partial charge on any atom is -0.382 e. The number of hydrogen-bond donors (Lipinski definition) is 0. The second-order valence-electron chi connectivity index (χ2n) is 18.2. The van der Waals surface area contributed by atoms with Gasteiger partial charge in [0.25, 0.3) is 0 Å². The number of piperidine rings is 1. The summed E-state index contributed by atoms with van der Waals surface area (Å²) in [6.07, 6.45) is 11.4. The van der Waals surface area contributed by atoms with Crippen molar-refractivity contribution in [3.05, 3.63) is 124 Å². The Hall–Kier alpha value is -4.90. The Morgan fingerprint density at radius 1 is 0.628 bits per heavy atom. The number of likely N-dealkylation sites (tertiary alicyclic amines) is 1. The molecule has 0 unspecified atom stereocenters. The Morgan fingerprint density at radius 3 is 1.73 bits per heavy atom. The first kappa shape index (κ1) is 65.6. The van der Waals surface area contributed by atoms with Crippen LogP contribution in [0.1, 0.15) is 65.6 Å². The summed E-state index contributed by atoms with van der Waals surface area (Å²) in [5, 5.41) is 0. The van der Waals surface area contributed by atoms with Crippen LogP contribution in [0.4, 0.5) is 13.2 Å². The molecule has 1 saturated heterocycles. The van der Waals surface area contributed by atoms with Gasteiger partial charge in [0.2, 0.25) is 5.91 Å². The maximum Gasteiger partial charge on any atom is 0.416 e. The fourth-order valence-electron chi connectivity index (χ4n) is 7.83. The molecular weight excluding hydrogens is 1020 g/mol. The van der Waals surface area contributed by atoms with Crippen molar-refractivity contribution in [1.29, 1.82) is 0 Å². The van der Waals surface area contributed by atoms with Gasteiger partial charge in [0.1, 0.15) is 0 Å². The number of ether oxygens (including phenoxy) is 11. The number of carbonyl (C=O) groups is 2. The molecule has 2 aromatic carbocycles. The van der Waals surface area contributed by atoms with E-state index in [0.717, 1.165) is 80.4 Å². The van der Waals surface area contributed by atoms with E-state index in [4.69, 9.17) is 52.1 Å². The number of nitrogens with zero attached hydrogens (tertiary/aromatic N) is 3. The van der Waals surface area contributed by atoms with E-state index in [1.807, 2.05) is 30.4 Å². The molecule has 1 aliphatic rings. The smallest absolute Gasteiger partial charge is 0.382 e. The normalized spacial score (nSPS) is 13.5. The average Bonchev–Trinajstić information content (AvgIpc) is 3.45. The summed E-state index contributed by atoms with van der Waals surface area (Å²) in [7, 11) is 3.38. The van der Waals surface area contributed by atoms with Crippen molar-refractivity contribution >= 4 is 23.8 Å². The second-order valence-corrected chi connectivity index (χ2v) is 18.2. The first-order valence-corrected chi connectivity index (χ1v) is 27.2. The molecule has 0 saturated carbocycles. The minimum absolute atomic E-state index is 0.0169. The number of amides is 1. The van der Waals surface area contributed by atoms with Crippen LogP contribution in [0.5, 0.6) is 0 Å². The summed E-state index contributed by atoms with van der Waals surface area (Å²) < 4.78 is 100. The topological polar surface area (TPSA) is 155 Å². The van der Waals surface area contributed by atoms with Crippen molar-refractivity contribution in [2.45, 2.75) is 51.1 Å². The Kier molecular flexibility index (Phi) is 35.4. The maximum atomic E-state index is 13.3. The van der Waals surface area contributed by atoms with E-state index in [2.05, 4.69) is 28.1 Å². The van der Waals surface area contributed by atoms with Gasteiger partial charge in [-0.25, -0.2) is 0 Å². The Bertz CT molecular complexity index is 2160. The molecule has 0 aliphatic carbocycles. The number of allylic oxidation sites excluding steroid dienone is 4. The highest BCUT2D eigenvalue weighted by Crippen LogP contribution is 2.30. The van der Waals surface area contributed by atoms with Gasteiger partial charge in [-0.2, -0.15) is 13.2 Å². The van der Waals surface area contributed by atoms with E-state index in [1.165, 1.54) is 11.6 Å². The first-order chi connectivity index (χ1) is 38.2. The van der Waals surface area contributed by atoms with Crippen LogP contribution in [-0.4, -0.2) is 200 Å². The zero-order valence-electron chi connectivity index (χ0n) is 45.9. The van der Waals surface area contributed by atoms with Gasteiger partial charge in [-0.15, -0.1) is 0 Å². The minimum atomic E-state index is -4.42. The number of methoxy groups -OCH3 is 1. The molecule has 1 aromatic heterocycles. The molecule has 1 aliphatic heterocycles. The highest BCUT2D eigenvalue weighted by atomic mass is 19.4. The van der Waals surface area contributed by atoms with Gasteiger partial charge in [-0.1, -0.05) is 54.6 Å². The van der Waals surface area contributed by atoms with Crippen molar-refractivity contribution in [2.24, 2.45) is 0 Å². The van der Waals surface area contributed by atoms with Crippen LogP contribution in [0.15, 0.2) is 90.8 Å². The Balaban J connectivity index is 0.978. The van der Waals surface area contributed by atoms with Crippen LogP contribution in [-0.2, 0) is 80.7 Å². The number of aldehydes is 1. The summed E-state index contributed by atoms with van der Waals surface area (Å²) in [6.45, 7) is 12.2. The molecular formula is C59H84F3N3O13. The van der Waals surface area contributed by atoms with Crippen molar-refractivity contribution in [2.75, 3.05) is 173 Å². The third-order valence-corrected chi connectivity index (χ3v) is 12.1. The van der Waals surface area contributed by atoms with E-state index in [0.29, 0.717) is 162 Å². The molecule has 3 aromatic rings. The van der Waals surface area contributed by atoms with E-state index in [9.17, 15) is 22.8 Å². The van der Waals surface area contributed by atoms with Crippen LogP contribution >= 0.6 is 0 Å². The number of rotatable bonds is 45. The number of pyridine rings is 1. The Morgan fingerprint density at radius 2 is 1.15 bits per heavy atom. The van der Waals surface area contributed by atoms with Crippen molar-refractivity contribution in [3.63, 3.8) is 0 Å². The van der Waals surface area contributed by atoms with Crippen molar-refractivity contribution in [1.82, 2.24) is 14.8 Å². The number of benzene rings is 2. The fraction of sp³-hybridized carbons (Fsp3) is 0.576. The lowest BCUT2D eigenvalue weighted by Crippen LogP contribution is -2.31. The number of alkyl halides is 3. The van der Waals surface area contributed by atoms with Crippen molar-refractivity contribution < 1.29 is 74.9 Å². The SMILES string of the molecule is COCCOCCOCCOCCOCCOCCOCCN(C)C(=O)CCOCCOCCOCCOCCCc1cccc(/C=C/C=C(\C=C(/C=O)c2cc(Cc3cccc(C(F)(F)F)c3)ccn2)N2CCCCC2)c1. The van der Waals surface area contributed by atoms with Crippen LogP contribution in [0.3, 0.4) is 0 Å². The molecule has 0 N–H and O–H groups in total. The number of halogens is 3. The molecule has 0 bridgehead atoms. The van der Waals surface area contributed by atoms with Gasteiger partial charge >= 0.3 is 6.18 Å². The number of carbonyl (C=O) groups excluding carboxylic acids is 2. The second kappa shape index (κ2) is 42.1. The quantitative estimate of drug-likeness (QED) is 0.0233. The Labute approximate surface area is 460 Å². The van der Waals surface area contributed by atoms with E-state index in [1.54, 1.807) is 43.5 Å². The summed E-state index contributed by atoms with van der Waals surface area (Å²) >= 11 is 0. The highest BCUT2D eigenvalue weighted by Gasteiger charge is 2.30. The molecule has 78 heavy (non-hydrogen) atoms. The third kappa shape index (κ3) is 30.5. The van der Waals surface area contributed by atoms with Crippen LogP contribution < -0.4 is 0 Å². The van der Waals surface area contributed by atoms with Gasteiger partial charge in [0.05, 0.1) is 150 Å². The molecule has 1 amide bonds. The molecule has 16 nitrogen and oxygen atoms in total. The lowest BCUT2D eigenvalue weighted by Gasteiger charge is -2.29. The lowest BCUT2D eigenvalue weighted by atomic mass is 10.0. The zero-order chi connectivity index (χ0) is 55.6. The largest absolute Gasteiger partial charge is 0.416 e. The third-order valence-electron chi connectivity index (χ3n) is 12.1. The van der Waals surface area contributed by atoms with Gasteiger partial charge in [0, 0.05) is 57.9 Å². The summed E-state index contributed by atoms with van der Waals surface area (Å²) in [5.41, 5.74) is 4.59.